The van der Waals surface area contributed by atoms with Gasteiger partial charge < -0.3 is 28.4 Å². The second-order valence-electron chi connectivity index (χ2n) is 13.4. The lowest BCUT2D eigenvalue weighted by Gasteiger charge is -2.06. The summed E-state index contributed by atoms with van der Waals surface area (Å²) in [6, 6.07) is 23.6. The van der Waals surface area contributed by atoms with E-state index >= 15 is 0 Å². The Balaban J connectivity index is 1.10. The topological polar surface area (TPSA) is 158 Å². The van der Waals surface area contributed by atoms with E-state index in [1.807, 2.05) is 0 Å². The Morgan fingerprint density at radius 2 is 0.741 bits per heavy atom. The largest absolute Gasteiger partial charge is 0.494 e. The zero-order valence-electron chi connectivity index (χ0n) is 33.0. The van der Waals surface area contributed by atoms with E-state index in [1.165, 1.54) is 48.5 Å². The average molecular weight is 795 g/mol. The third-order valence-corrected chi connectivity index (χ3v) is 8.68. The zero-order chi connectivity index (χ0) is 41.5. The molecule has 0 aliphatic rings. The minimum atomic E-state index is -0.611. The van der Waals surface area contributed by atoms with Crippen LogP contribution in [0.15, 0.2) is 107 Å². The fraction of sp³-hybridized carbons (Fsp3) is 0.348. The fourth-order valence-corrected chi connectivity index (χ4v) is 5.34. The molecule has 0 N–H and O–H groups in total. The molecule has 4 rings (SSSR count). The molecule has 4 aromatic carbocycles. The van der Waals surface area contributed by atoms with Crippen molar-refractivity contribution in [3.63, 3.8) is 0 Å². The quantitative estimate of drug-likeness (QED) is 0.0520. The van der Waals surface area contributed by atoms with Crippen LogP contribution in [0.3, 0.4) is 0 Å². The van der Waals surface area contributed by atoms with E-state index in [2.05, 4.69) is 13.8 Å². The maximum Gasteiger partial charge on any atom is 0.343 e. The van der Waals surface area contributed by atoms with Gasteiger partial charge in [0.25, 0.3) is 0 Å². The molecule has 0 aliphatic carbocycles. The Morgan fingerprint density at radius 3 is 1.12 bits per heavy atom. The van der Waals surface area contributed by atoms with Crippen molar-refractivity contribution in [2.75, 3.05) is 13.2 Å². The van der Waals surface area contributed by atoms with Crippen LogP contribution in [0.25, 0.3) is 0 Å². The SMILES string of the molecule is CCCCOc1ccc(C(=O)Oc2ccc(OC(=O)CCCCCCCCC(=O)Oc3ccc(OC(=O)c4ccc(OCCCC)cc4)ccc3=O)c(=O)cc2)cc1. The maximum atomic E-state index is 12.6. The number of benzene rings is 2. The first-order chi connectivity index (χ1) is 28.1. The van der Waals surface area contributed by atoms with Gasteiger partial charge >= 0.3 is 23.9 Å². The average Bonchev–Trinajstić information content (AvgIpc) is 3.50. The number of unbranched alkanes of at least 4 members (excludes halogenated alkanes) is 7. The van der Waals surface area contributed by atoms with Crippen molar-refractivity contribution in [3.05, 3.63) is 129 Å². The Labute approximate surface area is 338 Å². The van der Waals surface area contributed by atoms with E-state index in [0.717, 1.165) is 51.4 Å². The number of carbonyl (C=O) groups excluding carboxylic acids is 4. The molecule has 0 saturated heterocycles. The second kappa shape index (κ2) is 24.4. The molecule has 306 valence electrons. The predicted molar refractivity (Wildman–Crippen MR) is 217 cm³/mol. The Bertz CT molecular complexity index is 1930. The van der Waals surface area contributed by atoms with E-state index in [1.54, 1.807) is 48.5 Å². The predicted octanol–water partition coefficient (Wildman–Crippen LogP) is 8.84. The summed E-state index contributed by atoms with van der Waals surface area (Å²) in [5.74, 6) is -1.13. The molecule has 0 unspecified atom stereocenters. The molecular weight excluding hydrogens is 744 g/mol. The summed E-state index contributed by atoms with van der Waals surface area (Å²) in [7, 11) is 0. The molecule has 58 heavy (non-hydrogen) atoms. The molecular formula is C46H50O12. The third kappa shape index (κ3) is 15.7. The van der Waals surface area contributed by atoms with Crippen molar-refractivity contribution in [2.45, 2.75) is 90.9 Å². The van der Waals surface area contributed by atoms with Gasteiger partial charge in [-0.15, -0.1) is 0 Å². The highest BCUT2D eigenvalue weighted by Gasteiger charge is 2.13. The molecule has 0 bridgehead atoms. The second-order valence-corrected chi connectivity index (χ2v) is 13.4. The first kappa shape index (κ1) is 44.4. The van der Waals surface area contributed by atoms with Gasteiger partial charge in [0, 0.05) is 12.8 Å². The lowest BCUT2D eigenvalue weighted by atomic mass is 10.1. The minimum absolute atomic E-state index is 0.110. The summed E-state index contributed by atoms with van der Waals surface area (Å²) in [4.78, 5) is 75.1. The lowest BCUT2D eigenvalue weighted by Crippen LogP contribution is -2.12. The van der Waals surface area contributed by atoms with Crippen LogP contribution in [0.2, 0.25) is 0 Å². The molecule has 0 amide bonds. The zero-order valence-corrected chi connectivity index (χ0v) is 33.0. The van der Waals surface area contributed by atoms with E-state index in [0.29, 0.717) is 48.7 Å². The van der Waals surface area contributed by atoms with Gasteiger partial charge in [-0.3, -0.25) is 19.2 Å². The first-order valence-electron chi connectivity index (χ1n) is 19.8. The van der Waals surface area contributed by atoms with Gasteiger partial charge in [0.2, 0.25) is 10.9 Å². The molecule has 12 heteroatoms. The summed E-state index contributed by atoms with van der Waals surface area (Å²) >= 11 is 0. The number of esters is 4. The Morgan fingerprint density at radius 1 is 0.397 bits per heavy atom. The van der Waals surface area contributed by atoms with Gasteiger partial charge in [-0.2, -0.15) is 0 Å². The number of carbonyl (C=O) groups is 4. The van der Waals surface area contributed by atoms with E-state index in [9.17, 15) is 28.8 Å². The summed E-state index contributed by atoms with van der Waals surface area (Å²) in [6.45, 7) is 5.33. The molecule has 12 nitrogen and oxygen atoms in total. The Hall–Kier alpha value is -6.30. The summed E-state index contributed by atoms with van der Waals surface area (Å²) in [5.41, 5.74) is -0.446. The van der Waals surface area contributed by atoms with Crippen molar-refractivity contribution in [1.29, 1.82) is 0 Å². The highest BCUT2D eigenvalue weighted by Crippen LogP contribution is 2.19. The summed E-state index contributed by atoms with van der Waals surface area (Å²) in [5, 5.41) is 0. The van der Waals surface area contributed by atoms with Gasteiger partial charge in [0.1, 0.15) is 23.0 Å². The lowest BCUT2D eigenvalue weighted by molar-refractivity contribution is -0.135. The highest BCUT2D eigenvalue weighted by molar-refractivity contribution is 5.91. The van der Waals surface area contributed by atoms with Crippen LogP contribution >= 0.6 is 0 Å². The van der Waals surface area contributed by atoms with E-state index < -0.39 is 34.7 Å². The molecule has 0 saturated carbocycles. The van der Waals surface area contributed by atoms with Gasteiger partial charge in [-0.1, -0.05) is 52.4 Å². The number of hydrogen-bond acceptors (Lipinski definition) is 12. The van der Waals surface area contributed by atoms with Crippen LogP contribution in [-0.2, 0) is 9.59 Å². The number of hydrogen-bond donors (Lipinski definition) is 0. The van der Waals surface area contributed by atoms with Crippen LogP contribution in [0.4, 0.5) is 0 Å². The van der Waals surface area contributed by atoms with E-state index in [4.69, 9.17) is 28.4 Å². The maximum absolute atomic E-state index is 12.6. The van der Waals surface area contributed by atoms with Gasteiger partial charge in [-0.25, -0.2) is 9.59 Å². The standard InChI is InChI=1S/C46H50O12/c1-3-5-31-53-35-19-15-33(16-20-35)45(51)55-37-23-27-39(47)41(29-25-37)57-43(49)13-11-9-7-8-10-12-14-44(50)58-42-30-26-38(24-28-40(42)48)56-46(52)34-17-21-36(22-18-34)54-32-6-4-2/h15-30H,3-14,31-32H2,1-2H3. The van der Waals surface area contributed by atoms with Crippen LogP contribution < -0.4 is 39.3 Å². The molecule has 0 radical (unpaired) electrons. The minimum Gasteiger partial charge on any atom is -0.494 e. The monoisotopic (exact) mass is 794 g/mol. The third-order valence-electron chi connectivity index (χ3n) is 8.68. The van der Waals surface area contributed by atoms with Crippen molar-refractivity contribution in [3.8, 4) is 34.5 Å². The first-order valence-corrected chi connectivity index (χ1v) is 19.8. The van der Waals surface area contributed by atoms with Crippen LogP contribution in [-0.4, -0.2) is 37.1 Å². The number of rotatable bonds is 23. The highest BCUT2D eigenvalue weighted by atomic mass is 16.6. The van der Waals surface area contributed by atoms with Crippen molar-refractivity contribution < 1.29 is 47.6 Å². The molecule has 0 spiro atoms. The van der Waals surface area contributed by atoms with Crippen molar-refractivity contribution >= 4 is 23.9 Å². The normalized spacial score (nSPS) is 10.6. The van der Waals surface area contributed by atoms with Crippen molar-refractivity contribution in [2.24, 2.45) is 0 Å². The van der Waals surface area contributed by atoms with Gasteiger partial charge in [0.15, 0.2) is 11.5 Å². The van der Waals surface area contributed by atoms with Crippen LogP contribution in [0.1, 0.15) is 112 Å². The molecule has 0 aromatic heterocycles. The number of ether oxygens (including phenoxy) is 6. The smallest absolute Gasteiger partial charge is 0.343 e. The molecule has 0 heterocycles. The fourth-order valence-electron chi connectivity index (χ4n) is 5.34. The Kier molecular flexibility index (Phi) is 18.7. The summed E-state index contributed by atoms with van der Waals surface area (Å²) < 4.78 is 32.6. The molecule has 4 aromatic rings. The van der Waals surface area contributed by atoms with Crippen LogP contribution in [0.5, 0.6) is 34.5 Å². The van der Waals surface area contributed by atoms with Gasteiger partial charge in [0.05, 0.1) is 24.3 Å². The van der Waals surface area contributed by atoms with Crippen molar-refractivity contribution in [1.82, 2.24) is 0 Å². The molecule has 0 aliphatic heterocycles. The van der Waals surface area contributed by atoms with Crippen LogP contribution in [0, 0.1) is 0 Å². The molecule has 0 atom stereocenters. The van der Waals surface area contributed by atoms with E-state index in [-0.39, 0.29) is 35.8 Å². The summed E-state index contributed by atoms with van der Waals surface area (Å²) in [6.07, 6.45) is 8.32. The van der Waals surface area contributed by atoms with Gasteiger partial charge in [-0.05, 0) is 123 Å². The molecule has 0 fully saturated rings.